The molecule has 19 heavy (non-hydrogen) atoms. The summed E-state index contributed by atoms with van der Waals surface area (Å²) < 4.78 is 10.4. The maximum Gasteiger partial charge on any atom is 0.337 e. The second-order valence-corrected chi connectivity index (χ2v) is 5.55. The van der Waals surface area contributed by atoms with Crippen LogP contribution < -0.4 is 5.46 Å². The van der Waals surface area contributed by atoms with E-state index in [2.05, 4.69) is 4.74 Å². The number of aliphatic hydroxyl groups is 1. The number of carbonyl (C=O) groups is 1. The molecule has 1 N–H and O–H groups in total. The number of hydrogen-bond acceptors (Lipinski definition) is 4. The van der Waals surface area contributed by atoms with Gasteiger partial charge in [-0.05, 0) is 39.8 Å². The van der Waals surface area contributed by atoms with Gasteiger partial charge in [-0.3, -0.25) is 0 Å². The van der Waals surface area contributed by atoms with Gasteiger partial charge in [0.1, 0.15) is 0 Å². The third-order valence-electron chi connectivity index (χ3n) is 3.45. The molecule has 5 heteroatoms. The fourth-order valence-electron chi connectivity index (χ4n) is 1.30. The molecule has 1 rings (SSSR count). The molecule has 1 aromatic rings. The molecule has 0 aliphatic carbocycles. The van der Waals surface area contributed by atoms with Gasteiger partial charge in [0, 0.05) is 0 Å². The van der Waals surface area contributed by atoms with Crippen molar-refractivity contribution in [3.8, 4) is 0 Å². The Morgan fingerprint density at radius 3 is 2.11 bits per heavy atom. The van der Waals surface area contributed by atoms with E-state index >= 15 is 0 Å². The molecule has 0 aliphatic rings. The zero-order valence-corrected chi connectivity index (χ0v) is 12.2. The number of ether oxygens (including phenoxy) is 1. The first-order valence-electron chi connectivity index (χ1n) is 6.21. The van der Waals surface area contributed by atoms with Crippen LogP contribution >= 0.6 is 0 Å². The number of benzene rings is 1. The predicted molar refractivity (Wildman–Crippen MR) is 76.0 cm³/mol. The Balaban J connectivity index is 2.67. The Labute approximate surface area is 115 Å². The van der Waals surface area contributed by atoms with Crippen LogP contribution in [0.15, 0.2) is 24.3 Å². The van der Waals surface area contributed by atoms with Crippen LogP contribution in [0.1, 0.15) is 38.1 Å². The monoisotopic (exact) mass is 264 g/mol. The summed E-state index contributed by atoms with van der Waals surface area (Å²) in [5.74, 6) is -0.357. The maximum absolute atomic E-state index is 11.3. The van der Waals surface area contributed by atoms with Crippen LogP contribution in [0.2, 0.25) is 0 Å². The van der Waals surface area contributed by atoms with Crippen molar-refractivity contribution in [2.45, 2.75) is 38.9 Å². The molecule has 0 bridgehead atoms. The summed E-state index contributed by atoms with van der Waals surface area (Å²) in [6.07, 6.45) is 0. The van der Waals surface area contributed by atoms with Crippen molar-refractivity contribution in [3.05, 3.63) is 29.8 Å². The molecule has 4 nitrogen and oxygen atoms in total. The average molecular weight is 264 g/mol. The summed E-state index contributed by atoms with van der Waals surface area (Å²) in [5, 5.41) is 9.99. The summed E-state index contributed by atoms with van der Waals surface area (Å²) in [5.41, 5.74) is -0.148. The summed E-state index contributed by atoms with van der Waals surface area (Å²) in [7, 11) is 1.73. The Bertz CT molecular complexity index is 432. The second-order valence-electron chi connectivity index (χ2n) is 5.55. The molecule has 0 heterocycles. The Hall–Kier alpha value is -1.33. The van der Waals surface area contributed by atoms with E-state index in [1.807, 2.05) is 26.0 Å². The summed E-state index contributed by atoms with van der Waals surface area (Å²) in [4.78, 5) is 11.3. The van der Waals surface area contributed by atoms with Crippen LogP contribution in [0, 0.1) is 0 Å². The average Bonchev–Trinajstić information content (AvgIpc) is 2.35. The minimum atomic E-state index is -0.932. The molecule has 0 radical (unpaired) electrons. The fourth-order valence-corrected chi connectivity index (χ4v) is 1.30. The SMILES string of the molecule is COC(=O)c1ccc(BOC(C)(C)C(C)(C)O)cc1. The van der Waals surface area contributed by atoms with E-state index in [-0.39, 0.29) is 5.97 Å². The first-order valence-corrected chi connectivity index (χ1v) is 6.21. The van der Waals surface area contributed by atoms with Crippen molar-refractivity contribution < 1.29 is 19.3 Å². The first kappa shape index (κ1) is 15.7. The highest BCUT2D eigenvalue weighted by Gasteiger charge is 2.35. The van der Waals surface area contributed by atoms with E-state index in [9.17, 15) is 9.90 Å². The topological polar surface area (TPSA) is 55.8 Å². The third kappa shape index (κ3) is 4.08. The summed E-state index contributed by atoms with van der Waals surface area (Å²) in [6.45, 7) is 7.12. The van der Waals surface area contributed by atoms with Gasteiger partial charge in [-0.15, -0.1) is 0 Å². The molecule has 0 aromatic heterocycles. The Kier molecular flexibility index (Phi) is 4.77. The van der Waals surface area contributed by atoms with Gasteiger partial charge >= 0.3 is 13.5 Å². The number of esters is 1. The van der Waals surface area contributed by atoms with Crippen LogP contribution in [0.25, 0.3) is 0 Å². The Morgan fingerprint density at radius 1 is 1.16 bits per heavy atom. The minimum Gasteiger partial charge on any atom is -0.465 e. The van der Waals surface area contributed by atoms with Gasteiger partial charge in [-0.25, -0.2) is 4.79 Å². The Morgan fingerprint density at radius 2 is 1.68 bits per heavy atom. The molecular weight excluding hydrogens is 243 g/mol. The van der Waals surface area contributed by atoms with Crippen molar-refractivity contribution in [1.29, 1.82) is 0 Å². The van der Waals surface area contributed by atoms with E-state index in [0.717, 1.165) is 5.46 Å². The van der Waals surface area contributed by atoms with Gasteiger partial charge in [0.05, 0.1) is 23.9 Å². The zero-order chi connectivity index (χ0) is 14.7. The van der Waals surface area contributed by atoms with Gasteiger partial charge in [-0.2, -0.15) is 0 Å². The molecule has 0 fully saturated rings. The molecule has 0 saturated heterocycles. The number of methoxy groups -OCH3 is 1. The quantitative estimate of drug-likeness (QED) is 0.637. The van der Waals surface area contributed by atoms with Crippen molar-refractivity contribution in [1.82, 2.24) is 0 Å². The van der Waals surface area contributed by atoms with Crippen LogP contribution in [0.4, 0.5) is 0 Å². The highest BCUT2D eigenvalue weighted by atomic mass is 16.5. The standard InChI is InChI=1S/C14H21BO4/c1-13(2,17)14(3,4)19-15-11-8-6-10(7-9-11)12(16)18-5/h6-9,15,17H,1-5H3. The molecule has 0 atom stereocenters. The molecule has 0 amide bonds. The van der Waals surface area contributed by atoms with E-state index in [1.54, 1.807) is 26.0 Å². The van der Waals surface area contributed by atoms with Crippen LogP contribution in [0.3, 0.4) is 0 Å². The smallest absolute Gasteiger partial charge is 0.337 e. The molecular formula is C14H21BO4. The van der Waals surface area contributed by atoms with E-state index < -0.39 is 11.2 Å². The number of carbonyl (C=O) groups excluding carboxylic acids is 1. The van der Waals surface area contributed by atoms with Gasteiger partial charge in [0.2, 0.25) is 0 Å². The normalized spacial score (nSPS) is 12.1. The molecule has 0 saturated carbocycles. The maximum atomic E-state index is 11.3. The molecule has 0 unspecified atom stereocenters. The summed E-state index contributed by atoms with van der Waals surface area (Å²) >= 11 is 0. The lowest BCUT2D eigenvalue weighted by Crippen LogP contribution is -2.49. The number of rotatable bonds is 5. The lowest BCUT2D eigenvalue weighted by Gasteiger charge is -2.37. The van der Waals surface area contributed by atoms with E-state index in [1.165, 1.54) is 7.11 Å². The van der Waals surface area contributed by atoms with Crippen LogP contribution in [-0.2, 0) is 9.39 Å². The first-order chi connectivity index (χ1) is 8.67. The second kappa shape index (κ2) is 5.76. The highest BCUT2D eigenvalue weighted by molar-refractivity contribution is 6.47. The molecule has 1 aromatic carbocycles. The van der Waals surface area contributed by atoms with Gasteiger partial charge in [0.25, 0.3) is 0 Å². The lowest BCUT2D eigenvalue weighted by molar-refractivity contribution is -0.0893. The van der Waals surface area contributed by atoms with Crippen molar-refractivity contribution in [3.63, 3.8) is 0 Å². The summed E-state index contributed by atoms with van der Waals surface area (Å²) in [6, 6.07) is 7.02. The van der Waals surface area contributed by atoms with Crippen LogP contribution in [0.5, 0.6) is 0 Å². The third-order valence-corrected chi connectivity index (χ3v) is 3.45. The molecule has 0 aliphatic heterocycles. The van der Waals surface area contributed by atoms with Gasteiger partial charge in [0.15, 0.2) is 0 Å². The zero-order valence-electron chi connectivity index (χ0n) is 12.2. The molecule has 0 spiro atoms. The van der Waals surface area contributed by atoms with Gasteiger partial charge < -0.3 is 14.5 Å². The fraction of sp³-hybridized carbons (Fsp3) is 0.500. The largest absolute Gasteiger partial charge is 0.465 e. The van der Waals surface area contributed by atoms with Crippen molar-refractivity contribution >= 4 is 18.9 Å². The van der Waals surface area contributed by atoms with E-state index in [0.29, 0.717) is 13.0 Å². The predicted octanol–water partition coefficient (Wildman–Crippen LogP) is 1.02. The number of hydrogen-bond donors (Lipinski definition) is 1. The lowest BCUT2D eigenvalue weighted by atomic mass is 9.82. The minimum absolute atomic E-state index is 0.357. The molecule has 104 valence electrons. The van der Waals surface area contributed by atoms with Crippen LogP contribution in [-0.4, -0.2) is 36.9 Å². The van der Waals surface area contributed by atoms with Gasteiger partial charge in [-0.1, -0.05) is 17.6 Å². The van der Waals surface area contributed by atoms with Crippen molar-refractivity contribution in [2.75, 3.05) is 7.11 Å². The highest BCUT2D eigenvalue weighted by Crippen LogP contribution is 2.24. The van der Waals surface area contributed by atoms with E-state index in [4.69, 9.17) is 4.65 Å². The van der Waals surface area contributed by atoms with Crippen molar-refractivity contribution in [2.24, 2.45) is 0 Å².